The van der Waals surface area contributed by atoms with Crippen LogP contribution >= 0.6 is 0 Å². The van der Waals surface area contributed by atoms with E-state index in [4.69, 9.17) is 5.26 Å². The van der Waals surface area contributed by atoms with Crippen molar-refractivity contribution in [3.63, 3.8) is 0 Å². The zero-order valence-electron chi connectivity index (χ0n) is 10.0. The van der Waals surface area contributed by atoms with Gasteiger partial charge in [0.25, 0.3) is 10.0 Å². The van der Waals surface area contributed by atoms with Crippen molar-refractivity contribution in [2.24, 2.45) is 0 Å². The maximum absolute atomic E-state index is 12.4. The molecule has 0 unspecified atom stereocenters. The van der Waals surface area contributed by atoms with Crippen molar-refractivity contribution >= 4 is 15.7 Å². The van der Waals surface area contributed by atoms with E-state index in [1.165, 1.54) is 16.8 Å². The van der Waals surface area contributed by atoms with Crippen molar-refractivity contribution in [3.05, 3.63) is 42.9 Å². The average molecular weight is 276 g/mol. The molecule has 0 radical (unpaired) electrons. The normalized spacial score (nSPS) is 10.9. The standard InChI is InChI=1S/C12H12N4O2S/c13-7-4-8-16(11-5-2-1-3-6-11)19(17,18)12-9-14-10-15-12/h1-3,5-6,9-10H,4,8H2,(H,14,15). The molecule has 98 valence electrons. The monoisotopic (exact) mass is 276 g/mol. The maximum atomic E-state index is 12.4. The van der Waals surface area contributed by atoms with Crippen molar-refractivity contribution in [2.45, 2.75) is 11.4 Å². The molecule has 0 amide bonds. The molecule has 0 spiro atoms. The largest absolute Gasteiger partial charge is 0.334 e. The van der Waals surface area contributed by atoms with Crippen LogP contribution in [-0.4, -0.2) is 24.9 Å². The zero-order valence-corrected chi connectivity index (χ0v) is 10.8. The number of rotatable bonds is 5. The van der Waals surface area contributed by atoms with E-state index in [2.05, 4.69) is 9.97 Å². The first-order valence-corrected chi connectivity index (χ1v) is 7.03. The highest BCUT2D eigenvalue weighted by molar-refractivity contribution is 7.92. The van der Waals surface area contributed by atoms with Gasteiger partial charge in [-0.15, -0.1) is 0 Å². The molecule has 1 N–H and O–H groups in total. The molecular formula is C12H12N4O2S. The molecule has 1 aromatic heterocycles. The predicted molar refractivity (Wildman–Crippen MR) is 69.8 cm³/mol. The second-order valence-corrected chi connectivity index (χ2v) is 5.57. The highest BCUT2D eigenvalue weighted by Crippen LogP contribution is 2.22. The van der Waals surface area contributed by atoms with Gasteiger partial charge in [-0.2, -0.15) is 13.7 Å². The Kier molecular flexibility index (Phi) is 3.82. The second kappa shape index (κ2) is 5.54. The van der Waals surface area contributed by atoms with Gasteiger partial charge in [-0.25, -0.2) is 4.98 Å². The molecule has 0 aliphatic rings. The number of benzene rings is 1. The number of nitriles is 1. The van der Waals surface area contributed by atoms with Gasteiger partial charge in [0, 0.05) is 6.54 Å². The summed E-state index contributed by atoms with van der Waals surface area (Å²) in [6.45, 7) is 0.0991. The van der Waals surface area contributed by atoms with E-state index >= 15 is 0 Å². The van der Waals surface area contributed by atoms with Crippen LogP contribution < -0.4 is 4.31 Å². The van der Waals surface area contributed by atoms with Crippen molar-refractivity contribution in [1.82, 2.24) is 9.97 Å². The van der Waals surface area contributed by atoms with E-state index in [0.29, 0.717) is 5.69 Å². The fourth-order valence-electron chi connectivity index (χ4n) is 1.64. The van der Waals surface area contributed by atoms with Gasteiger partial charge in [0.15, 0.2) is 5.03 Å². The number of nitrogens with one attached hydrogen (secondary N) is 1. The molecule has 0 aliphatic carbocycles. The molecule has 1 aromatic carbocycles. The maximum Gasteiger partial charge on any atom is 0.281 e. The third-order valence-electron chi connectivity index (χ3n) is 2.51. The van der Waals surface area contributed by atoms with Crippen LogP contribution in [0.3, 0.4) is 0 Å². The minimum absolute atomic E-state index is 0.00860. The van der Waals surface area contributed by atoms with Gasteiger partial charge < -0.3 is 4.98 Å². The quantitative estimate of drug-likeness (QED) is 0.896. The summed E-state index contributed by atoms with van der Waals surface area (Å²) in [5.74, 6) is 0. The third kappa shape index (κ3) is 2.74. The molecule has 6 nitrogen and oxygen atoms in total. The minimum Gasteiger partial charge on any atom is -0.334 e. The molecule has 7 heteroatoms. The Balaban J connectivity index is 2.42. The van der Waals surface area contributed by atoms with Gasteiger partial charge in [0.1, 0.15) is 0 Å². The molecule has 0 fully saturated rings. The number of para-hydroxylation sites is 1. The molecule has 0 atom stereocenters. The Morgan fingerprint density at radius 3 is 2.63 bits per heavy atom. The smallest absolute Gasteiger partial charge is 0.281 e. The summed E-state index contributed by atoms with van der Waals surface area (Å²) in [7, 11) is -3.72. The molecular weight excluding hydrogens is 264 g/mol. The van der Waals surface area contributed by atoms with E-state index in [1.807, 2.05) is 6.07 Å². The Labute approximate surface area is 111 Å². The summed E-state index contributed by atoms with van der Waals surface area (Å²) in [4.78, 5) is 6.30. The van der Waals surface area contributed by atoms with Crippen LogP contribution in [0.15, 0.2) is 47.9 Å². The lowest BCUT2D eigenvalue weighted by Crippen LogP contribution is -2.32. The highest BCUT2D eigenvalue weighted by atomic mass is 32.2. The molecule has 2 aromatic rings. The van der Waals surface area contributed by atoms with Crippen LogP contribution in [-0.2, 0) is 10.0 Å². The average Bonchev–Trinajstić information content (AvgIpc) is 2.95. The highest BCUT2D eigenvalue weighted by Gasteiger charge is 2.25. The van der Waals surface area contributed by atoms with Gasteiger partial charge in [-0.3, -0.25) is 4.31 Å². The van der Waals surface area contributed by atoms with E-state index < -0.39 is 10.0 Å². The fraction of sp³-hybridized carbons (Fsp3) is 0.167. The van der Waals surface area contributed by atoms with Crippen LogP contribution in [0, 0.1) is 11.3 Å². The first kappa shape index (κ1) is 13.1. The van der Waals surface area contributed by atoms with Gasteiger partial charge in [-0.05, 0) is 12.1 Å². The predicted octanol–water partition coefficient (Wildman–Crippen LogP) is 1.52. The lowest BCUT2D eigenvalue weighted by atomic mass is 10.3. The molecule has 0 saturated carbocycles. The first-order valence-electron chi connectivity index (χ1n) is 5.59. The molecule has 1 heterocycles. The number of imidazole rings is 1. The number of hydrogen-bond donors (Lipinski definition) is 1. The Hall–Kier alpha value is -2.33. The molecule has 2 rings (SSSR count). The van der Waals surface area contributed by atoms with Crippen molar-refractivity contribution in [3.8, 4) is 6.07 Å². The lowest BCUT2D eigenvalue weighted by Gasteiger charge is -2.22. The summed E-state index contributed by atoms with van der Waals surface area (Å²) in [5, 5.41) is 8.68. The van der Waals surface area contributed by atoms with Gasteiger partial charge >= 0.3 is 0 Å². The number of anilines is 1. The van der Waals surface area contributed by atoms with Crippen molar-refractivity contribution in [1.29, 1.82) is 5.26 Å². The molecule has 19 heavy (non-hydrogen) atoms. The second-order valence-electron chi connectivity index (χ2n) is 3.74. The summed E-state index contributed by atoms with van der Waals surface area (Å²) in [6, 6.07) is 10.6. The number of H-pyrrole nitrogens is 1. The van der Waals surface area contributed by atoms with Gasteiger partial charge in [0.2, 0.25) is 0 Å². The van der Waals surface area contributed by atoms with Crippen LogP contribution in [0.25, 0.3) is 0 Å². The van der Waals surface area contributed by atoms with Gasteiger partial charge in [-0.1, -0.05) is 18.2 Å². The molecule has 0 bridgehead atoms. The third-order valence-corrected chi connectivity index (χ3v) is 4.26. The first-order chi connectivity index (χ1) is 9.16. The summed E-state index contributed by atoms with van der Waals surface area (Å²) >= 11 is 0. The summed E-state index contributed by atoms with van der Waals surface area (Å²) in [6.07, 6.45) is 2.67. The topological polar surface area (TPSA) is 89.8 Å². The lowest BCUT2D eigenvalue weighted by molar-refractivity contribution is 0.588. The van der Waals surface area contributed by atoms with E-state index in [9.17, 15) is 8.42 Å². The Morgan fingerprint density at radius 2 is 2.05 bits per heavy atom. The van der Waals surface area contributed by atoms with Crippen LogP contribution in [0.5, 0.6) is 0 Å². The number of aromatic amines is 1. The van der Waals surface area contributed by atoms with E-state index in [1.54, 1.807) is 30.3 Å². The van der Waals surface area contributed by atoms with Crippen LogP contribution in [0.4, 0.5) is 5.69 Å². The minimum atomic E-state index is -3.72. The molecule has 0 saturated heterocycles. The molecule has 0 aliphatic heterocycles. The van der Waals surface area contributed by atoms with Gasteiger partial charge in [0.05, 0.1) is 30.7 Å². The Bertz CT molecular complexity index is 660. The van der Waals surface area contributed by atoms with E-state index in [0.717, 1.165) is 0 Å². The number of nitrogens with zero attached hydrogens (tertiary/aromatic N) is 3. The fourth-order valence-corrected chi connectivity index (χ4v) is 3.00. The van der Waals surface area contributed by atoms with E-state index in [-0.39, 0.29) is 18.0 Å². The summed E-state index contributed by atoms with van der Waals surface area (Å²) in [5.41, 5.74) is 0.521. The summed E-state index contributed by atoms with van der Waals surface area (Å²) < 4.78 is 26.1. The van der Waals surface area contributed by atoms with Crippen LogP contribution in [0.2, 0.25) is 0 Å². The van der Waals surface area contributed by atoms with Crippen LogP contribution in [0.1, 0.15) is 6.42 Å². The number of hydrogen-bond acceptors (Lipinski definition) is 4. The number of sulfonamides is 1. The SMILES string of the molecule is N#CCCN(c1ccccc1)S(=O)(=O)c1cnc[nH]1. The number of aromatic nitrogens is 2. The van der Waals surface area contributed by atoms with Crippen molar-refractivity contribution < 1.29 is 8.42 Å². The van der Waals surface area contributed by atoms with Crippen molar-refractivity contribution in [2.75, 3.05) is 10.8 Å². The Morgan fingerprint density at radius 1 is 1.32 bits per heavy atom. The zero-order chi connectivity index (χ0) is 13.7.